The smallest absolute Gasteiger partial charge is 0.169 e. The molecule has 1 atom stereocenters. The number of piperidine rings is 1. The minimum Gasteiger partial charge on any atom is -0.397 e. The van der Waals surface area contributed by atoms with Crippen LogP contribution in [0.4, 0.5) is 21.5 Å². The Balaban J connectivity index is 2.41. The average molecular weight is 288 g/mol. The molecule has 0 amide bonds. The number of hydrogen-bond donors (Lipinski definition) is 3. The fraction of sp³-hybridized carbons (Fsp3) is 0.538. The molecule has 1 aromatic carbocycles. The van der Waals surface area contributed by atoms with Crippen molar-refractivity contribution in [3.63, 3.8) is 0 Å². The van der Waals surface area contributed by atoms with Gasteiger partial charge < -0.3 is 21.5 Å². The zero-order valence-electron chi connectivity index (χ0n) is 10.7. The summed E-state index contributed by atoms with van der Waals surface area (Å²) in [6.45, 7) is 0.789. The zero-order valence-corrected chi connectivity index (χ0v) is 11.5. The molecule has 0 bridgehead atoms. The Bertz CT molecular complexity index is 468. The van der Waals surface area contributed by atoms with Crippen molar-refractivity contribution in [3.8, 4) is 0 Å². The van der Waals surface area contributed by atoms with E-state index in [1.54, 1.807) is 0 Å². The monoisotopic (exact) mass is 287 g/mol. The molecule has 0 spiro atoms. The SMILES string of the molecule is Nc1cc(N)c(N2CCCCC2CCO)c(F)c1Cl. The number of rotatable bonds is 3. The fourth-order valence-corrected chi connectivity index (χ4v) is 2.84. The van der Waals surface area contributed by atoms with Gasteiger partial charge in [0, 0.05) is 19.2 Å². The molecule has 1 aliphatic heterocycles. The van der Waals surface area contributed by atoms with E-state index in [0.29, 0.717) is 24.3 Å². The van der Waals surface area contributed by atoms with Gasteiger partial charge in [0.1, 0.15) is 5.02 Å². The van der Waals surface area contributed by atoms with Crippen molar-refractivity contribution in [2.75, 3.05) is 29.5 Å². The van der Waals surface area contributed by atoms with Crippen LogP contribution in [0.3, 0.4) is 0 Å². The first-order valence-corrected chi connectivity index (χ1v) is 6.84. The van der Waals surface area contributed by atoms with Crippen LogP contribution in [-0.2, 0) is 0 Å². The highest BCUT2D eigenvalue weighted by Gasteiger charge is 2.27. The summed E-state index contributed by atoms with van der Waals surface area (Å²) in [5.41, 5.74) is 12.3. The normalized spacial score (nSPS) is 19.7. The Kier molecular flexibility index (Phi) is 4.37. The van der Waals surface area contributed by atoms with Crippen molar-refractivity contribution in [2.45, 2.75) is 31.7 Å². The molecule has 2 rings (SSSR count). The molecule has 1 fully saturated rings. The summed E-state index contributed by atoms with van der Waals surface area (Å²) in [7, 11) is 0. The van der Waals surface area contributed by atoms with Gasteiger partial charge >= 0.3 is 0 Å². The number of aliphatic hydroxyl groups excluding tert-OH is 1. The maximum absolute atomic E-state index is 14.3. The van der Waals surface area contributed by atoms with Gasteiger partial charge in [0.25, 0.3) is 0 Å². The van der Waals surface area contributed by atoms with Gasteiger partial charge in [-0.3, -0.25) is 0 Å². The predicted octanol–water partition coefficient (Wildman–Crippen LogP) is 2.38. The molecule has 0 radical (unpaired) electrons. The maximum Gasteiger partial charge on any atom is 0.169 e. The van der Waals surface area contributed by atoms with E-state index in [-0.39, 0.29) is 23.4 Å². The minimum atomic E-state index is -0.566. The first-order chi connectivity index (χ1) is 9.06. The number of halogens is 2. The second-order valence-electron chi connectivity index (χ2n) is 4.89. The van der Waals surface area contributed by atoms with E-state index in [0.717, 1.165) is 19.3 Å². The Labute approximate surface area is 117 Å². The van der Waals surface area contributed by atoms with Gasteiger partial charge in [-0.15, -0.1) is 0 Å². The fourth-order valence-electron chi connectivity index (χ4n) is 2.69. The van der Waals surface area contributed by atoms with Gasteiger partial charge in [0.05, 0.1) is 17.1 Å². The Morgan fingerprint density at radius 3 is 2.79 bits per heavy atom. The van der Waals surface area contributed by atoms with Crippen molar-refractivity contribution in [3.05, 3.63) is 16.9 Å². The lowest BCUT2D eigenvalue weighted by molar-refractivity contribution is 0.262. The molecule has 1 saturated heterocycles. The molecular weight excluding hydrogens is 269 g/mol. The Morgan fingerprint density at radius 2 is 2.11 bits per heavy atom. The van der Waals surface area contributed by atoms with Crippen LogP contribution in [0.2, 0.25) is 5.02 Å². The molecule has 4 nitrogen and oxygen atoms in total. The predicted molar refractivity (Wildman–Crippen MR) is 76.9 cm³/mol. The summed E-state index contributed by atoms with van der Waals surface area (Å²) in [4.78, 5) is 1.91. The number of anilines is 3. The van der Waals surface area contributed by atoms with Crippen LogP contribution < -0.4 is 16.4 Å². The number of benzene rings is 1. The molecule has 1 aromatic rings. The Hall–Kier alpha value is -1.20. The molecule has 19 heavy (non-hydrogen) atoms. The summed E-state index contributed by atoms with van der Waals surface area (Å²) in [5, 5.41) is 9.04. The molecule has 106 valence electrons. The lowest BCUT2D eigenvalue weighted by atomic mass is 9.98. The van der Waals surface area contributed by atoms with Crippen molar-refractivity contribution in [1.29, 1.82) is 0 Å². The second kappa shape index (κ2) is 5.84. The van der Waals surface area contributed by atoms with Gasteiger partial charge in [-0.25, -0.2) is 4.39 Å². The standard InChI is InChI=1S/C13H19ClFN3O/c14-11-9(16)7-10(17)13(12(11)15)18-5-2-1-3-8(18)4-6-19/h7-8,19H,1-6,16-17H2. The van der Waals surface area contributed by atoms with E-state index in [2.05, 4.69) is 0 Å². The number of nitrogens with two attached hydrogens (primary N) is 2. The third-order valence-electron chi connectivity index (χ3n) is 3.62. The van der Waals surface area contributed by atoms with Gasteiger partial charge in [-0.05, 0) is 31.7 Å². The molecular formula is C13H19ClFN3O. The molecule has 1 unspecified atom stereocenters. The maximum atomic E-state index is 14.3. The first kappa shape index (κ1) is 14.2. The molecule has 0 aromatic heterocycles. The van der Waals surface area contributed by atoms with Gasteiger partial charge in [0.15, 0.2) is 5.82 Å². The summed E-state index contributed by atoms with van der Waals surface area (Å²) >= 11 is 5.87. The largest absolute Gasteiger partial charge is 0.397 e. The number of aliphatic hydroxyl groups is 1. The average Bonchev–Trinajstić information content (AvgIpc) is 2.38. The highest BCUT2D eigenvalue weighted by Crippen LogP contribution is 2.39. The van der Waals surface area contributed by atoms with Gasteiger partial charge in [-0.2, -0.15) is 0 Å². The van der Waals surface area contributed by atoms with Crippen LogP contribution in [0.5, 0.6) is 0 Å². The van der Waals surface area contributed by atoms with Gasteiger partial charge in [-0.1, -0.05) is 11.6 Å². The van der Waals surface area contributed by atoms with Crippen molar-refractivity contribution < 1.29 is 9.50 Å². The van der Waals surface area contributed by atoms with Crippen LogP contribution in [-0.4, -0.2) is 24.3 Å². The lowest BCUT2D eigenvalue weighted by Gasteiger charge is -2.38. The third kappa shape index (κ3) is 2.72. The number of nitrogens with zero attached hydrogens (tertiary/aromatic N) is 1. The van der Waals surface area contributed by atoms with E-state index in [1.807, 2.05) is 4.90 Å². The van der Waals surface area contributed by atoms with Crippen LogP contribution in [0.1, 0.15) is 25.7 Å². The summed E-state index contributed by atoms with van der Waals surface area (Å²) < 4.78 is 14.3. The zero-order chi connectivity index (χ0) is 14.0. The third-order valence-corrected chi connectivity index (χ3v) is 4.00. The van der Waals surface area contributed by atoms with Crippen molar-refractivity contribution >= 4 is 28.7 Å². The molecule has 1 heterocycles. The molecule has 0 saturated carbocycles. The lowest BCUT2D eigenvalue weighted by Crippen LogP contribution is -2.41. The number of nitrogen functional groups attached to an aromatic ring is 2. The van der Waals surface area contributed by atoms with E-state index < -0.39 is 5.82 Å². The molecule has 6 heteroatoms. The molecule has 5 N–H and O–H groups in total. The van der Waals surface area contributed by atoms with E-state index in [9.17, 15) is 4.39 Å². The first-order valence-electron chi connectivity index (χ1n) is 6.46. The van der Waals surface area contributed by atoms with Gasteiger partial charge in [0.2, 0.25) is 0 Å². The van der Waals surface area contributed by atoms with Crippen molar-refractivity contribution in [2.24, 2.45) is 0 Å². The highest BCUT2D eigenvalue weighted by atomic mass is 35.5. The highest BCUT2D eigenvalue weighted by molar-refractivity contribution is 6.33. The van der Waals surface area contributed by atoms with E-state index >= 15 is 0 Å². The van der Waals surface area contributed by atoms with Crippen molar-refractivity contribution in [1.82, 2.24) is 0 Å². The van der Waals surface area contributed by atoms with Crippen LogP contribution in [0.25, 0.3) is 0 Å². The summed E-state index contributed by atoms with van der Waals surface area (Å²) in [6, 6.07) is 1.58. The topological polar surface area (TPSA) is 75.5 Å². The summed E-state index contributed by atoms with van der Waals surface area (Å²) in [6.07, 6.45) is 3.57. The van der Waals surface area contributed by atoms with E-state index in [1.165, 1.54) is 6.07 Å². The Morgan fingerprint density at radius 1 is 1.37 bits per heavy atom. The molecule has 0 aliphatic carbocycles. The van der Waals surface area contributed by atoms with Crippen LogP contribution in [0.15, 0.2) is 6.07 Å². The quantitative estimate of drug-likeness (QED) is 0.746. The van der Waals surface area contributed by atoms with Crippen LogP contribution >= 0.6 is 11.6 Å². The summed E-state index contributed by atoms with van der Waals surface area (Å²) in [5.74, 6) is -0.566. The minimum absolute atomic E-state index is 0.0748. The second-order valence-corrected chi connectivity index (χ2v) is 5.26. The van der Waals surface area contributed by atoms with Crippen LogP contribution in [0, 0.1) is 5.82 Å². The number of hydrogen-bond acceptors (Lipinski definition) is 4. The molecule has 1 aliphatic rings. The van der Waals surface area contributed by atoms with E-state index in [4.69, 9.17) is 28.2 Å².